The van der Waals surface area contributed by atoms with Crippen molar-refractivity contribution in [1.82, 2.24) is 4.90 Å². The Morgan fingerprint density at radius 2 is 2.25 bits per heavy atom. The zero-order chi connectivity index (χ0) is 14.4. The smallest absolute Gasteiger partial charge is 0.265 e. The lowest BCUT2D eigenvalue weighted by Gasteiger charge is -2.15. The summed E-state index contributed by atoms with van der Waals surface area (Å²) in [6.07, 6.45) is 14.6. The van der Waals surface area contributed by atoms with Gasteiger partial charge in [0.15, 0.2) is 0 Å². The Labute approximate surface area is 131 Å². The number of unbranched alkanes of at least 4 members (excludes halogenated alkanes) is 3. The van der Waals surface area contributed by atoms with Gasteiger partial charge in [0.05, 0.1) is 4.91 Å². The maximum Gasteiger partial charge on any atom is 0.265 e. The van der Waals surface area contributed by atoms with Crippen LogP contribution in [0.15, 0.2) is 23.1 Å². The highest BCUT2D eigenvalue weighted by atomic mass is 32.2. The van der Waals surface area contributed by atoms with E-state index in [1.165, 1.54) is 31.0 Å². The summed E-state index contributed by atoms with van der Waals surface area (Å²) in [5.74, 6) is 0.639. The minimum absolute atomic E-state index is 0.131. The van der Waals surface area contributed by atoms with Crippen molar-refractivity contribution in [3.8, 4) is 0 Å². The molecule has 0 aromatic carbocycles. The van der Waals surface area contributed by atoms with Crippen LogP contribution in [0, 0.1) is 5.92 Å². The molecule has 2 rings (SSSR count). The Bertz CT molecular complexity index is 428. The molecule has 0 spiro atoms. The van der Waals surface area contributed by atoms with Crippen molar-refractivity contribution < 1.29 is 4.79 Å². The van der Waals surface area contributed by atoms with Crippen molar-refractivity contribution >= 4 is 34.2 Å². The number of allylic oxidation sites excluding steroid dienone is 3. The van der Waals surface area contributed by atoms with Crippen LogP contribution >= 0.6 is 24.0 Å². The first-order valence-electron chi connectivity index (χ1n) is 7.63. The van der Waals surface area contributed by atoms with Crippen molar-refractivity contribution in [2.75, 3.05) is 6.54 Å². The lowest BCUT2D eigenvalue weighted by atomic mass is 9.94. The van der Waals surface area contributed by atoms with Crippen LogP contribution in [0.1, 0.15) is 51.9 Å². The number of nitrogens with zero attached hydrogens (tertiary/aromatic N) is 1. The van der Waals surface area contributed by atoms with Crippen LogP contribution in [0.4, 0.5) is 0 Å². The number of amides is 1. The summed E-state index contributed by atoms with van der Waals surface area (Å²) in [5.41, 5.74) is 0. The second kappa shape index (κ2) is 7.99. The molecule has 2 aliphatic rings. The van der Waals surface area contributed by atoms with Gasteiger partial charge in [0.25, 0.3) is 5.91 Å². The SMILES string of the molecule is CCCCCCN1C(=O)C(=CC2CC=CCC2)SC1=S. The molecule has 0 bridgehead atoms. The summed E-state index contributed by atoms with van der Waals surface area (Å²) in [4.78, 5) is 15.0. The van der Waals surface area contributed by atoms with Gasteiger partial charge in [-0.25, -0.2) is 0 Å². The van der Waals surface area contributed by atoms with Crippen molar-refractivity contribution in [1.29, 1.82) is 0 Å². The number of thiocarbonyl (C=S) groups is 1. The Balaban J connectivity index is 1.90. The molecule has 1 unspecified atom stereocenters. The molecule has 1 atom stereocenters. The topological polar surface area (TPSA) is 20.3 Å². The fourth-order valence-corrected chi connectivity index (χ4v) is 3.96. The maximum atomic E-state index is 12.4. The Kier molecular flexibility index (Phi) is 6.30. The number of hydrogen-bond donors (Lipinski definition) is 0. The fourth-order valence-electron chi connectivity index (χ4n) is 2.59. The summed E-state index contributed by atoms with van der Waals surface area (Å²) in [6, 6.07) is 0. The average Bonchev–Trinajstić information content (AvgIpc) is 2.72. The monoisotopic (exact) mass is 309 g/mol. The van der Waals surface area contributed by atoms with Crippen LogP contribution in [-0.4, -0.2) is 21.7 Å². The summed E-state index contributed by atoms with van der Waals surface area (Å²) in [5, 5.41) is 0. The van der Waals surface area contributed by atoms with Gasteiger partial charge < -0.3 is 0 Å². The van der Waals surface area contributed by atoms with Crippen molar-refractivity contribution in [2.45, 2.75) is 51.9 Å². The van der Waals surface area contributed by atoms with E-state index in [-0.39, 0.29) is 5.91 Å². The van der Waals surface area contributed by atoms with Gasteiger partial charge in [0.1, 0.15) is 4.32 Å². The first-order chi connectivity index (χ1) is 9.72. The van der Waals surface area contributed by atoms with E-state index in [9.17, 15) is 4.79 Å². The van der Waals surface area contributed by atoms with Crippen molar-refractivity contribution in [3.05, 3.63) is 23.1 Å². The average molecular weight is 310 g/mol. The quantitative estimate of drug-likeness (QED) is 0.308. The fraction of sp³-hybridized carbons (Fsp3) is 0.625. The number of rotatable bonds is 6. The van der Waals surface area contributed by atoms with Gasteiger partial charge in [-0.1, -0.05) is 68.4 Å². The standard InChI is InChI=1S/C16H23NOS2/c1-2-3-4-8-11-17-15(18)14(20-16(17)19)12-13-9-6-5-7-10-13/h5-6,12-13H,2-4,7-11H2,1H3. The zero-order valence-electron chi connectivity index (χ0n) is 12.1. The zero-order valence-corrected chi connectivity index (χ0v) is 13.8. The first-order valence-corrected chi connectivity index (χ1v) is 8.85. The minimum Gasteiger partial charge on any atom is -0.293 e. The summed E-state index contributed by atoms with van der Waals surface area (Å²) in [7, 11) is 0. The third kappa shape index (κ3) is 4.19. The third-order valence-electron chi connectivity index (χ3n) is 3.81. The van der Waals surface area contributed by atoms with Crippen LogP contribution < -0.4 is 0 Å². The Morgan fingerprint density at radius 1 is 1.40 bits per heavy atom. The summed E-state index contributed by atoms with van der Waals surface area (Å²) in [6.45, 7) is 2.98. The molecular weight excluding hydrogens is 286 g/mol. The van der Waals surface area contributed by atoms with E-state index >= 15 is 0 Å². The predicted molar refractivity (Wildman–Crippen MR) is 90.6 cm³/mol. The van der Waals surface area contributed by atoms with Gasteiger partial charge in [-0.3, -0.25) is 9.69 Å². The molecule has 4 heteroatoms. The van der Waals surface area contributed by atoms with Gasteiger partial charge in [0, 0.05) is 6.54 Å². The minimum atomic E-state index is 0.131. The normalized spacial score (nSPS) is 24.9. The molecule has 1 aliphatic heterocycles. The lowest BCUT2D eigenvalue weighted by molar-refractivity contribution is -0.122. The van der Waals surface area contributed by atoms with Crippen LogP contribution in [0.25, 0.3) is 0 Å². The molecule has 1 heterocycles. The second-order valence-corrected chi connectivity index (χ2v) is 7.14. The van der Waals surface area contributed by atoms with Crippen LogP contribution in [0.3, 0.4) is 0 Å². The van der Waals surface area contributed by atoms with E-state index in [1.54, 1.807) is 4.90 Å². The molecule has 2 nitrogen and oxygen atoms in total. The molecule has 1 saturated heterocycles. The Hall–Kier alpha value is -0.610. The highest BCUT2D eigenvalue weighted by Gasteiger charge is 2.31. The highest BCUT2D eigenvalue weighted by Crippen LogP contribution is 2.34. The second-order valence-electron chi connectivity index (χ2n) is 5.46. The Morgan fingerprint density at radius 3 is 2.95 bits per heavy atom. The van der Waals surface area contributed by atoms with E-state index < -0.39 is 0 Å². The molecule has 1 fully saturated rings. The number of hydrogen-bond acceptors (Lipinski definition) is 3. The van der Waals surface area contributed by atoms with Crippen molar-refractivity contribution in [2.24, 2.45) is 5.92 Å². The molecule has 110 valence electrons. The van der Waals surface area contributed by atoms with Gasteiger partial charge in [-0.15, -0.1) is 0 Å². The lowest BCUT2D eigenvalue weighted by Crippen LogP contribution is -2.29. The molecular formula is C16H23NOS2. The van der Waals surface area contributed by atoms with Gasteiger partial charge >= 0.3 is 0 Å². The molecule has 1 amide bonds. The van der Waals surface area contributed by atoms with Crippen LogP contribution in [0.2, 0.25) is 0 Å². The summed E-state index contributed by atoms with van der Waals surface area (Å²) < 4.78 is 0.740. The third-order valence-corrected chi connectivity index (χ3v) is 5.20. The maximum absolute atomic E-state index is 12.4. The number of thioether (sulfide) groups is 1. The van der Waals surface area contributed by atoms with E-state index in [0.717, 1.165) is 41.5 Å². The molecule has 20 heavy (non-hydrogen) atoms. The van der Waals surface area contributed by atoms with Crippen LogP contribution in [0.5, 0.6) is 0 Å². The summed E-state index contributed by atoms with van der Waals surface area (Å²) >= 11 is 6.84. The molecule has 1 aliphatic carbocycles. The molecule has 0 radical (unpaired) electrons. The van der Waals surface area contributed by atoms with Gasteiger partial charge in [-0.2, -0.15) is 0 Å². The van der Waals surface area contributed by atoms with Crippen LogP contribution in [-0.2, 0) is 4.79 Å². The van der Waals surface area contributed by atoms with E-state index in [1.807, 2.05) is 0 Å². The first kappa shape index (κ1) is 15.8. The molecule has 0 aromatic heterocycles. The molecule has 0 N–H and O–H groups in total. The van der Waals surface area contributed by atoms with Crippen molar-refractivity contribution in [3.63, 3.8) is 0 Å². The largest absolute Gasteiger partial charge is 0.293 e. The van der Waals surface area contributed by atoms with Gasteiger partial charge in [0.2, 0.25) is 0 Å². The van der Waals surface area contributed by atoms with E-state index in [4.69, 9.17) is 12.2 Å². The molecule has 0 aromatic rings. The van der Waals surface area contributed by atoms with Gasteiger partial charge in [-0.05, 0) is 31.6 Å². The number of carbonyl (C=O) groups excluding carboxylic acids is 1. The molecule has 0 saturated carbocycles. The predicted octanol–water partition coefficient (Wildman–Crippen LogP) is 4.67. The van der Waals surface area contributed by atoms with E-state index in [2.05, 4.69) is 25.2 Å². The van der Waals surface area contributed by atoms with E-state index in [0.29, 0.717) is 5.92 Å². The number of carbonyl (C=O) groups is 1. The highest BCUT2D eigenvalue weighted by molar-refractivity contribution is 8.26.